The number of hydrogen-bond acceptors (Lipinski definition) is 2. The molecule has 0 atom stereocenters. The lowest BCUT2D eigenvalue weighted by Gasteiger charge is -2.32. The van der Waals surface area contributed by atoms with Crippen molar-refractivity contribution in [2.24, 2.45) is 5.92 Å². The number of carbonyl (C=O) groups is 1. The first-order valence-corrected chi connectivity index (χ1v) is 10.2. The van der Waals surface area contributed by atoms with E-state index in [9.17, 15) is 4.79 Å². The van der Waals surface area contributed by atoms with Gasteiger partial charge in [-0.05, 0) is 61.9 Å². The Morgan fingerprint density at radius 2 is 1.79 bits per heavy atom. The molecule has 1 aliphatic heterocycles. The van der Waals surface area contributed by atoms with E-state index in [1.54, 1.807) is 7.11 Å². The fourth-order valence-electron chi connectivity index (χ4n) is 4.33. The number of rotatable bonds is 5. The van der Waals surface area contributed by atoms with Crippen LogP contribution >= 0.6 is 0 Å². The summed E-state index contributed by atoms with van der Waals surface area (Å²) >= 11 is 0. The van der Waals surface area contributed by atoms with Crippen LogP contribution in [0.1, 0.15) is 35.8 Å². The Bertz CT molecular complexity index is 950. The number of fused-ring (bicyclic) bond motifs is 1. The van der Waals surface area contributed by atoms with Crippen LogP contribution in [0.2, 0.25) is 0 Å². The Labute approximate surface area is 166 Å². The molecule has 0 radical (unpaired) electrons. The highest BCUT2D eigenvalue weighted by Gasteiger charge is 2.26. The van der Waals surface area contributed by atoms with E-state index in [4.69, 9.17) is 4.74 Å². The molecule has 146 valence electrons. The SMILES string of the molecule is CCn1c(C(=O)N2CCC(Cc3ccc(OC)cc3)CC2)cc2ccccc21. The van der Waals surface area contributed by atoms with Gasteiger partial charge in [0.15, 0.2) is 0 Å². The average molecular weight is 377 g/mol. The van der Waals surface area contributed by atoms with Gasteiger partial charge < -0.3 is 14.2 Å². The van der Waals surface area contributed by atoms with Crippen LogP contribution in [0.5, 0.6) is 5.75 Å². The van der Waals surface area contributed by atoms with Crippen LogP contribution in [0.15, 0.2) is 54.6 Å². The number of nitrogens with zero attached hydrogens (tertiary/aromatic N) is 2. The van der Waals surface area contributed by atoms with E-state index >= 15 is 0 Å². The summed E-state index contributed by atoms with van der Waals surface area (Å²) in [5.41, 5.74) is 3.30. The highest BCUT2D eigenvalue weighted by molar-refractivity contribution is 5.98. The summed E-state index contributed by atoms with van der Waals surface area (Å²) in [6, 6.07) is 18.6. The van der Waals surface area contributed by atoms with E-state index in [2.05, 4.69) is 35.8 Å². The Balaban J connectivity index is 1.41. The quantitative estimate of drug-likeness (QED) is 0.643. The number of piperidine rings is 1. The summed E-state index contributed by atoms with van der Waals surface area (Å²) in [6.45, 7) is 4.59. The molecule has 1 amide bonds. The Hall–Kier alpha value is -2.75. The molecule has 0 aliphatic carbocycles. The van der Waals surface area contributed by atoms with Gasteiger partial charge in [-0.1, -0.05) is 30.3 Å². The molecular formula is C24H28N2O2. The Morgan fingerprint density at radius 3 is 2.46 bits per heavy atom. The van der Waals surface area contributed by atoms with Gasteiger partial charge in [0.05, 0.1) is 7.11 Å². The van der Waals surface area contributed by atoms with Crippen molar-refractivity contribution in [3.05, 3.63) is 65.9 Å². The lowest BCUT2D eigenvalue weighted by molar-refractivity contribution is 0.0680. The predicted octanol–water partition coefficient (Wildman–Crippen LogP) is 4.76. The van der Waals surface area contributed by atoms with Crippen LogP contribution < -0.4 is 4.74 Å². The summed E-state index contributed by atoms with van der Waals surface area (Å²) in [5.74, 6) is 1.70. The maximum absolute atomic E-state index is 13.2. The number of methoxy groups -OCH3 is 1. The molecule has 0 unspecified atom stereocenters. The Kier molecular flexibility index (Phi) is 5.38. The minimum Gasteiger partial charge on any atom is -0.497 e. The topological polar surface area (TPSA) is 34.5 Å². The van der Waals surface area contributed by atoms with Gasteiger partial charge in [0.1, 0.15) is 11.4 Å². The number of aryl methyl sites for hydroxylation is 1. The second kappa shape index (κ2) is 8.09. The van der Waals surface area contributed by atoms with Crippen molar-refractivity contribution in [3.8, 4) is 5.75 Å². The molecule has 28 heavy (non-hydrogen) atoms. The van der Waals surface area contributed by atoms with E-state index in [-0.39, 0.29) is 5.91 Å². The predicted molar refractivity (Wildman–Crippen MR) is 113 cm³/mol. The molecule has 0 saturated carbocycles. The largest absolute Gasteiger partial charge is 0.497 e. The van der Waals surface area contributed by atoms with Crippen molar-refractivity contribution in [1.82, 2.24) is 9.47 Å². The summed E-state index contributed by atoms with van der Waals surface area (Å²) in [6.07, 6.45) is 3.19. The van der Waals surface area contributed by atoms with Crippen molar-refractivity contribution in [3.63, 3.8) is 0 Å². The summed E-state index contributed by atoms with van der Waals surface area (Å²) < 4.78 is 7.38. The van der Waals surface area contributed by atoms with Crippen LogP contribution in [0.3, 0.4) is 0 Å². The normalized spacial score (nSPS) is 15.1. The first-order chi connectivity index (χ1) is 13.7. The molecule has 1 aliphatic rings. The summed E-state index contributed by atoms with van der Waals surface area (Å²) in [7, 11) is 1.69. The van der Waals surface area contributed by atoms with Crippen LogP contribution in [-0.4, -0.2) is 35.6 Å². The zero-order chi connectivity index (χ0) is 19.5. The average Bonchev–Trinajstić information content (AvgIpc) is 3.13. The highest BCUT2D eigenvalue weighted by Crippen LogP contribution is 2.26. The summed E-state index contributed by atoms with van der Waals surface area (Å²) in [5, 5.41) is 1.14. The van der Waals surface area contributed by atoms with Gasteiger partial charge in [-0.3, -0.25) is 4.79 Å². The van der Waals surface area contributed by atoms with E-state index in [1.807, 2.05) is 35.2 Å². The van der Waals surface area contributed by atoms with Gasteiger partial charge in [0, 0.05) is 30.5 Å². The van der Waals surface area contributed by atoms with Crippen LogP contribution in [-0.2, 0) is 13.0 Å². The van der Waals surface area contributed by atoms with Crippen molar-refractivity contribution < 1.29 is 9.53 Å². The maximum Gasteiger partial charge on any atom is 0.270 e. The van der Waals surface area contributed by atoms with Gasteiger partial charge in [-0.15, -0.1) is 0 Å². The molecule has 3 aromatic rings. The number of benzene rings is 2. The molecule has 1 aromatic heterocycles. The zero-order valence-corrected chi connectivity index (χ0v) is 16.7. The number of carbonyl (C=O) groups excluding carboxylic acids is 1. The first-order valence-electron chi connectivity index (χ1n) is 10.2. The van der Waals surface area contributed by atoms with Gasteiger partial charge in [-0.2, -0.15) is 0 Å². The minimum atomic E-state index is 0.168. The zero-order valence-electron chi connectivity index (χ0n) is 16.7. The van der Waals surface area contributed by atoms with Crippen molar-refractivity contribution in [1.29, 1.82) is 0 Å². The third kappa shape index (κ3) is 3.64. The molecule has 0 bridgehead atoms. The van der Waals surface area contributed by atoms with Crippen molar-refractivity contribution >= 4 is 16.8 Å². The number of ether oxygens (including phenoxy) is 1. The van der Waals surface area contributed by atoms with Crippen LogP contribution in [0.25, 0.3) is 10.9 Å². The molecule has 1 saturated heterocycles. The molecule has 4 nitrogen and oxygen atoms in total. The fraction of sp³-hybridized carbons (Fsp3) is 0.375. The third-order valence-corrected chi connectivity index (χ3v) is 5.93. The van der Waals surface area contributed by atoms with E-state index in [0.717, 1.165) is 61.2 Å². The second-order valence-corrected chi connectivity index (χ2v) is 7.62. The van der Waals surface area contributed by atoms with Gasteiger partial charge in [0.25, 0.3) is 5.91 Å². The number of likely N-dealkylation sites (tertiary alicyclic amines) is 1. The van der Waals surface area contributed by atoms with Crippen molar-refractivity contribution in [2.45, 2.75) is 32.7 Å². The molecule has 1 fully saturated rings. The number of amides is 1. The second-order valence-electron chi connectivity index (χ2n) is 7.62. The Morgan fingerprint density at radius 1 is 1.07 bits per heavy atom. The van der Waals surface area contributed by atoms with Crippen LogP contribution in [0, 0.1) is 5.92 Å². The molecule has 4 rings (SSSR count). The van der Waals surface area contributed by atoms with Gasteiger partial charge >= 0.3 is 0 Å². The van der Waals surface area contributed by atoms with Crippen molar-refractivity contribution in [2.75, 3.05) is 20.2 Å². The van der Waals surface area contributed by atoms with E-state index < -0.39 is 0 Å². The lowest BCUT2D eigenvalue weighted by atomic mass is 9.90. The molecule has 2 heterocycles. The fourth-order valence-corrected chi connectivity index (χ4v) is 4.33. The van der Waals surface area contributed by atoms with Gasteiger partial charge in [-0.25, -0.2) is 0 Å². The van der Waals surface area contributed by atoms with E-state index in [1.165, 1.54) is 5.56 Å². The smallest absolute Gasteiger partial charge is 0.270 e. The molecule has 4 heteroatoms. The third-order valence-electron chi connectivity index (χ3n) is 5.93. The van der Waals surface area contributed by atoms with E-state index in [0.29, 0.717) is 5.92 Å². The maximum atomic E-state index is 13.2. The number of hydrogen-bond donors (Lipinski definition) is 0. The molecular weight excluding hydrogens is 348 g/mol. The molecule has 0 spiro atoms. The molecule has 2 aromatic carbocycles. The standard InChI is InChI=1S/C24H28N2O2/c1-3-26-22-7-5-4-6-20(22)17-23(26)24(27)25-14-12-19(13-15-25)16-18-8-10-21(28-2)11-9-18/h4-11,17,19H,3,12-16H2,1-2H3. The highest BCUT2D eigenvalue weighted by atomic mass is 16.5. The minimum absolute atomic E-state index is 0.168. The monoisotopic (exact) mass is 376 g/mol. The number of aromatic nitrogens is 1. The summed E-state index contributed by atoms with van der Waals surface area (Å²) in [4.78, 5) is 15.2. The first kappa shape index (κ1) is 18.6. The number of para-hydroxylation sites is 1. The molecule has 0 N–H and O–H groups in total. The lowest BCUT2D eigenvalue weighted by Crippen LogP contribution is -2.39. The van der Waals surface area contributed by atoms with Crippen LogP contribution in [0.4, 0.5) is 0 Å². The van der Waals surface area contributed by atoms with Gasteiger partial charge in [0.2, 0.25) is 0 Å².